The molecule has 1 N–H and O–H groups in total. The third-order valence-corrected chi connectivity index (χ3v) is 6.63. The molecule has 1 atom stereocenters. The van der Waals surface area contributed by atoms with Gasteiger partial charge in [-0.05, 0) is 50.1 Å². The Labute approximate surface area is 202 Å². The van der Waals surface area contributed by atoms with Gasteiger partial charge in [0.1, 0.15) is 5.70 Å². The molecule has 0 aromatic heterocycles. The average molecular weight is 490 g/mol. The lowest BCUT2D eigenvalue weighted by Crippen LogP contribution is -2.35. The molecule has 8 heteroatoms. The summed E-state index contributed by atoms with van der Waals surface area (Å²) in [7, 11) is 0. The predicted octanol–water partition coefficient (Wildman–Crippen LogP) is 6.08. The van der Waals surface area contributed by atoms with Gasteiger partial charge in [-0.25, -0.2) is 4.99 Å². The molecule has 0 saturated heterocycles. The number of anilines is 1. The Hall–Kier alpha value is -2.28. The molecular formula is C24H25Cl2N3O2S. The van der Waals surface area contributed by atoms with E-state index in [1.54, 1.807) is 24.3 Å². The quantitative estimate of drug-likeness (QED) is 0.479. The SMILES string of the molecule is CCCC(C)NC(=O)CSC1=NC(=Cc2cccc(Cl)c2Cl)C(=O)N1c1ccc(C)cc1. The number of rotatable bonds is 7. The van der Waals surface area contributed by atoms with Gasteiger partial charge in [0, 0.05) is 6.04 Å². The molecule has 0 aliphatic carbocycles. The predicted molar refractivity (Wildman–Crippen MR) is 136 cm³/mol. The van der Waals surface area contributed by atoms with Crippen molar-refractivity contribution in [3.63, 3.8) is 0 Å². The van der Waals surface area contributed by atoms with E-state index in [0.29, 0.717) is 26.5 Å². The Bertz CT molecular complexity index is 1070. The summed E-state index contributed by atoms with van der Waals surface area (Å²) in [6.07, 6.45) is 3.53. The zero-order valence-corrected chi connectivity index (χ0v) is 20.5. The number of aryl methyl sites for hydroxylation is 1. The minimum atomic E-state index is -0.285. The molecule has 168 valence electrons. The normalized spacial score (nSPS) is 15.8. The number of hydrogen-bond acceptors (Lipinski definition) is 4. The standard InChI is InChI=1S/C24H25Cl2N3O2S/c1-4-6-16(3)27-21(30)14-32-24-28-20(13-17-7-5-8-19(25)22(17)26)23(31)29(24)18-11-9-15(2)10-12-18/h5,7-13,16H,4,6,14H2,1-3H3,(H,27,30). The minimum absolute atomic E-state index is 0.0923. The van der Waals surface area contributed by atoms with Crippen LogP contribution in [0, 0.1) is 6.92 Å². The van der Waals surface area contributed by atoms with Gasteiger partial charge >= 0.3 is 0 Å². The molecule has 0 saturated carbocycles. The highest BCUT2D eigenvalue weighted by Gasteiger charge is 2.32. The van der Waals surface area contributed by atoms with Crippen LogP contribution >= 0.6 is 35.0 Å². The van der Waals surface area contributed by atoms with Gasteiger partial charge in [-0.2, -0.15) is 0 Å². The number of hydrogen-bond donors (Lipinski definition) is 1. The minimum Gasteiger partial charge on any atom is -0.353 e. The molecule has 2 aromatic rings. The van der Waals surface area contributed by atoms with E-state index in [2.05, 4.69) is 17.2 Å². The Balaban J connectivity index is 1.88. The van der Waals surface area contributed by atoms with Crippen molar-refractivity contribution in [1.29, 1.82) is 0 Å². The maximum absolute atomic E-state index is 13.3. The molecule has 0 fully saturated rings. The zero-order chi connectivity index (χ0) is 23.3. The molecule has 32 heavy (non-hydrogen) atoms. The van der Waals surface area contributed by atoms with E-state index in [0.717, 1.165) is 18.4 Å². The Morgan fingerprint density at radius 3 is 2.62 bits per heavy atom. The number of amidine groups is 1. The van der Waals surface area contributed by atoms with Crippen molar-refractivity contribution < 1.29 is 9.59 Å². The summed E-state index contributed by atoms with van der Waals surface area (Å²) in [5.41, 5.74) is 2.61. The van der Waals surface area contributed by atoms with Crippen LogP contribution in [0.25, 0.3) is 6.08 Å². The molecular weight excluding hydrogens is 465 g/mol. The van der Waals surface area contributed by atoms with E-state index in [1.807, 2.05) is 38.1 Å². The van der Waals surface area contributed by atoms with E-state index in [1.165, 1.54) is 16.7 Å². The lowest BCUT2D eigenvalue weighted by Gasteiger charge is -2.18. The van der Waals surface area contributed by atoms with E-state index in [-0.39, 0.29) is 29.3 Å². The molecule has 1 unspecified atom stereocenters. The van der Waals surface area contributed by atoms with Gasteiger partial charge in [-0.15, -0.1) is 0 Å². The van der Waals surface area contributed by atoms with E-state index >= 15 is 0 Å². The first-order valence-electron chi connectivity index (χ1n) is 10.4. The summed E-state index contributed by atoms with van der Waals surface area (Å²) in [6, 6.07) is 12.9. The number of aliphatic imine (C=N–C) groups is 1. The summed E-state index contributed by atoms with van der Waals surface area (Å²) in [4.78, 5) is 31.7. The van der Waals surface area contributed by atoms with Crippen molar-refractivity contribution in [2.24, 2.45) is 4.99 Å². The van der Waals surface area contributed by atoms with Crippen LogP contribution in [0.4, 0.5) is 5.69 Å². The van der Waals surface area contributed by atoms with Crippen molar-refractivity contribution in [3.05, 3.63) is 69.3 Å². The number of benzene rings is 2. The summed E-state index contributed by atoms with van der Waals surface area (Å²) in [5.74, 6) is -0.217. The third kappa shape index (κ3) is 5.94. The highest BCUT2D eigenvalue weighted by atomic mass is 35.5. The number of amides is 2. The van der Waals surface area contributed by atoms with Crippen molar-refractivity contribution in [1.82, 2.24) is 5.32 Å². The lowest BCUT2D eigenvalue weighted by atomic mass is 10.2. The number of thioether (sulfide) groups is 1. The molecule has 2 amide bonds. The Kier molecular flexibility index (Phi) is 8.40. The molecule has 1 aliphatic rings. The second kappa shape index (κ2) is 11.0. The number of nitrogens with one attached hydrogen (secondary N) is 1. The average Bonchev–Trinajstić information content (AvgIpc) is 3.06. The molecule has 0 bridgehead atoms. The fourth-order valence-corrected chi connectivity index (χ4v) is 4.43. The van der Waals surface area contributed by atoms with Gasteiger partial charge in [0.15, 0.2) is 5.17 Å². The van der Waals surface area contributed by atoms with Crippen LogP contribution in [0.3, 0.4) is 0 Å². The van der Waals surface area contributed by atoms with Crippen LogP contribution in [0.1, 0.15) is 37.8 Å². The smallest absolute Gasteiger partial charge is 0.283 e. The Morgan fingerprint density at radius 2 is 1.94 bits per heavy atom. The molecule has 2 aromatic carbocycles. The first-order valence-corrected chi connectivity index (χ1v) is 12.1. The zero-order valence-electron chi connectivity index (χ0n) is 18.2. The van der Waals surface area contributed by atoms with Gasteiger partial charge in [0.05, 0.1) is 21.5 Å². The monoisotopic (exact) mass is 489 g/mol. The van der Waals surface area contributed by atoms with Gasteiger partial charge in [-0.3, -0.25) is 14.5 Å². The third-order valence-electron chi connectivity index (χ3n) is 4.86. The molecule has 5 nitrogen and oxygen atoms in total. The first kappa shape index (κ1) is 24.4. The molecule has 1 heterocycles. The fourth-order valence-electron chi connectivity index (χ4n) is 3.25. The van der Waals surface area contributed by atoms with Crippen LogP contribution in [0.15, 0.2) is 53.2 Å². The number of carbonyl (C=O) groups excluding carboxylic acids is 2. The summed E-state index contributed by atoms with van der Waals surface area (Å²) in [5, 5.41) is 4.18. The van der Waals surface area contributed by atoms with Crippen molar-refractivity contribution >= 4 is 63.7 Å². The summed E-state index contributed by atoms with van der Waals surface area (Å²) >= 11 is 13.6. The van der Waals surface area contributed by atoms with Crippen LogP contribution in [-0.4, -0.2) is 28.8 Å². The molecule has 0 spiro atoms. The van der Waals surface area contributed by atoms with E-state index < -0.39 is 0 Å². The fraction of sp³-hybridized carbons (Fsp3) is 0.292. The number of carbonyl (C=O) groups is 2. The Morgan fingerprint density at radius 1 is 1.22 bits per heavy atom. The lowest BCUT2D eigenvalue weighted by molar-refractivity contribution is -0.119. The molecule has 3 rings (SSSR count). The van der Waals surface area contributed by atoms with Gasteiger partial charge in [-0.1, -0.05) is 78.1 Å². The van der Waals surface area contributed by atoms with Crippen molar-refractivity contribution in [3.8, 4) is 0 Å². The molecule has 0 radical (unpaired) electrons. The maximum atomic E-state index is 13.3. The topological polar surface area (TPSA) is 61.8 Å². The van der Waals surface area contributed by atoms with Gasteiger partial charge in [0.25, 0.3) is 5.91 Å². The largest absolute Gasteiger partial charge is 0.353 e. The second-order valence-electron chi connectivity index (χ2n) is 7.59. The van der Waals surface area contributed by atoms with Crippen LogP contribution in [0.5, 0.6) is 0 Å². The maximum Gasteiger partial charge on any atom is 0.283 e. The number of nitrogens with zero attached hydrogens (tertiary/aromatic N) is 2. The van der Waals surface area contributed by atoms with E-state index in [4.69, 9.17) is 23.2 Å². The van der Waals surface area contributed by atoms with Crippen molar-refractivity contribution in [2.45, 2.75) is 39.7 Å². The summed E-state index contributed by atoms with van der Waals surface area (Å²) < 4.78 is 0. The van der Waals surface area contributed by atoms with Gasteiger partial charge < -0.3 is 5.32 Å². The van der Waals surface area contributed by atoms with Crippen molar-refractivity contribution in [2.75, 3.05) is 10.7 Å². The van der Waals surface area contributed by atoms with E-state index in [9.17, 15) is 9.59 Å². The highest BCUT2D eigenvalue weighted by molar-refractivity contribution is 8.14. The highest BCUT2D eigenvalue weighted by Crippen LogP contribution is 2.32. The van der Waals surface area contributed by atoms with Gasteiger partial charge in [0.2, 0.25) is 5.91 Å². The first-order chi connectivity index (χ1) is 15.3. The summed E-state index contributed by atoms with van der Waals surface area (Å²) in [6.45, 7) is 6.04. The molecule has 1 aliphatic heterocycles. The number of halogens is 2. The second-order valence-corrected chi connectivity index (χ2v) is 9.32. The van der Waals surface area contributed by atoms with Crippen LogP contribution in [-0.2, 0) is 9.59 Å². The van der Waals surface area contributed by atoms with Crippen LogP contribution < -0.4 is 10.2 Å². The van der Waals surface area contributed by atoms with Crippen LogP contribution in [0.2, 0.25) is 10.0 Å².